The molecule has 98 valence electrons. The average molecular weight is 236 g/mol. The van der Waals surface area contributed by atoms with E-state index >= 15 is 0 Å². The fourth-order valence-corrected chi connectivity index (χ4v) is 3.40. The lowest BCUT2D eigenvalue weighted by Crippen LogP contribution is -2.48. The van der Waals surface area contributed by atoms with Crippen molar-refractivity contribution in [3.63, 3.8) is 0 Å². The smallest absolute Gasteiger partial charge is 0.0193 e. The molecule has 2 atom stereocenters. The zero-order chi connectivity index (χ0) is 12.3. The van der Waals surface area contributed by atoms with Gasteiger partial charge in [-0.15, -0.1) is 0 Å². The van der Waals surface area contributed by atoms with E-state index in [1.165, 1.54) is 44.2 Å². The van der Waals surface area contributed by atoms with Crippen molar-refractivity contribution in [2.24, 2.45) is 0 Å². The molecule has 2 bridgehead atoms. The third kappa shape index (κ3) is 3.32. The van der Waals surface area contributed by atoms with Gasteiger partial charge in [0.1, 0.15) is 0 Å². The first-order valence-corrected chi connectivity index (χ1v) is 7.39. The van der Waals surface area contributed by atoms with Crippen LogP contribution in [0, 0.1) is 0 Å². The van der Waals surface area contributed by atoms with Gasteiger partial charge in [-0.05, 0) is 45.1 Å². The molecule has 0 aliphatic carbocycles. The Morgan fingerprint density at radius 3 is 2.41 bits per heavy atom. The molecule has 2 unspecified atom stereocenters. The zero-order valence-electron chi connectivity index (χ0n) is 11.5. The van der Waals surface area contributed by atoms with Gasteiger partial charge in [0.2, 0.25) is 0 Å². The van der Waals surface area contributed by atoms with Gasteiger partial charge in [-0.2, -0.15) is 0 Å². The van der Waals surface area contributed by atoms with Gasteiger partial charge < -0.3 is 5.32 Å². The molecule has 2 saturated heterocycles. The van der Waals surface area contributed by atoms with Gasteiger partial charge in [0.15, 0.2) is 0 Å². The number of hydrogen-bond donors (Lipinski definition) is 1. The van der Waals surface area contributed by atoms with Crippen molar-refractivity contribution < 1.29 is 0 Å². The van der Waals surface area contributed by atoms with Crippen LogP contribution in [0.5, 0.6) is 0 Å². The van der Waals surface area contributed by atoms with Gasteiger partial charge in [-0.3, -0.25) is 4.90 Å². The average Bonchev–Trinajstić information content (AvgIpc) is 2.67. The van der Waals surface area contributed by atoms with Crippen LogP contribution in [0.1, 0.15) is 52.4 Å². The summed E-state index contributed by atoms with van der Waals surface area (Å²) in [6.45, 7) is 11.1. The third-order valence-electron chi connectivity index (χ3n) is 4.40. The van der Waals surface area contributed by atoms with Gasteiger partial charge >= 0.3 is 0 Å². The fourth-order valence-electron chi connectivity index (χ4n) is 3.40. The summed E-state index contributed by atoms with van der Waals surface area (Å²) in [6, 6.07) is 2.40. The first-order chi connectivity index (χ1) is 8.22. The predicted molar refractivity (Wildman–Crippen MR) is 74.3 cm³/mol. The van der Waals surface area contributed by atoms with E-state index in [9.17, 15) is 0 Å². The van der Waals surface area contributed by atoms with Crippen LogP contribution in [-0.2, 0) is 0 Å². The summed E-state index contributed by atoms with van der Waals surface area (Å²) in [5.41, 5.74) is 1.39. The second-order valence-electron chi connectivity index (χ2n) is 5.84. The second-order valence-corrected chi connectivity index (χ2v) is 5.84. The highest BCUT2D eigenvalue weighted by Gasteiger charge is 2.35. The maximum Gasteiger partial charge on any atom is 0.0193 e. The standard InChI is InChI=1S/C15H28N2/c1-4-8-17(11-12(3)5-2)15-9-13-6-7-14(10-15)16-13/h13-16H,3-11H2,1-2H3. The molecule has 0 saturated carbocycles. The Balaban J connectivity index is 1.93. The topological polar surface area (TPSA) is 15.3 Å². The molecule has 2 aliphatic rings. The van der Waals surface area contributed by atoms with Crippen LogP contribution in [-0.4, -0.2) is 36.1 Å². The lowest BCUT2D eigenvalue weighted by molar-refractivity contribution is 0.152. The van der Waals surface area contributed by atoms with Crippen molar-refractivity contribution >= 4 is 0 Å². The van der Waals surface area contributed by atoms with Crippen molar-refractivity contribution in [2.45, 2.75) is 70.5 Å². The Hall–Kier alpha value is -0.340. The Morgan fingerprint density at radius 2 is 1.88 bits per heavy atom. The SMILES string of the molecule is C=C(CC)CN(CCC)C1CC2CCC(C1)N2. The van der Waals surface area contributed by atoms with Gasteiger partial charge in [-0.25, -0.2) is 0 Å². The monoisotopic (exact) mass is 236 g/mol. The molecule has 17 heavy (non-hydrogen) atoms. The molecule has 1 N–H and O–H groups in total. The normalized spacial score (nSPS) is 32.1. The number of nitrogens with zero attached hydrogens (tertiary/aromatic N) is 1. The third-order valence-corrected chi connectivity index (χ3v) is 4.40. The quantitative estimate of drug-likeness (QED) is 0.713. The molecule has 2 heterocycles. The van der Waals surface area contributed by atoms with Gasteiger partial charge in [0, 0.05) is 24.7 Å². The van der Waals surface area contributed by atoms with Crippen LogP contribution in [0.15, 0.2) is 12.2 Å². The maximum atomic E-state index is 4.19. The maximum absolute atomic E-state index is 4.19. The van der Waals surface area contributed by atoms with Crippen molar-refractivity contribution in [1.29, 1.82) is 0 Å². The van der Waals surface area contributed by atoms with Crippen LogP contribution in [0.2, 0.25) is 0 Å². The van der Waals surface area contributed by atoms with Gasteiger partial charge in [0.05, 0.1) is 0 Å². The van der Waals surface area contributed by atoms with E-state index in [1.54, 1.807) is 0 Å². The molecular weight excluding hydrogens is 208 g/mol. The number of nitrogens with one attached hydrogen (secondary N) is 1. The van der Waals surface area contributed by atoms with Crippen LogP contribution < -0.4 is 5.32 Å². The van der Waals surface area contributed by atoms with E-state index in [0.717, 1.165) is 31.1 Å². The summed E-state index contributed by atoms with van der Waals surface area (Å²) < 4.78 is 0. The molecule has 2 heteroatoms. The van der Waals surface area contributed by atoms with Gasteiger partial charge in [-0.1, -0.05) is 26.0 Å². The predicted octanol–water partition coefficient (Wildman–Crippen LogP) is 2.95. The minimum atomic E-state index is 0.799. The summed E-state index contributed by atoms with van der Waals surface area (Å²) in [6.07, 6.45) is 7.89. The number of piperidine rings is 1. The minimum absolute atomic E-state index is 0.799. The van der Waals surface area contributed by atoms with E-state index < -0.39 is 0 Å². The largest absolute Gasteiger partial charge is 0.311 e. The molecular formula is C15H28N2. The molecule has 2 aliphatic heterocycles. The fraction of sp³-hybridized carbons (Fsp3) is 0.867. The Bertz CT molecular complexity index is 250. The first kappa shape index (κ1) is 13.1. The Morgan fingerprint density at radius 1 is 1.24 bits per heavy atom. The summed E-state index contributed by atoms with van der Waals surface area (Å²) in [5, 5.41) is 3.74. The lowest BCUT2D eigenvalue weighted by Gasteiger charge is -2.38. The zero-order valence-corrected chi connectivity index (χ0v) is 11.5. The molecule has 2 nitrogen and oxygen atoms in total. The van der Waals surface area contributed by atoms with E-state index in [4.69, 9.17) is 0 Å². The molecule has 0 aromatic heterocycles. The lowest BCUT2D eigenvalue weighted by atomic mass is 9.97. The van der Waals surface area contributed by atoms with Crippen LogP contribution in [0.4, 0.5) is 0 Å². The first-order valence-electron chi connectivity index (χ1n) is 7.39. The van der Waals surface area contributed by atoms with Crippen molar-refractivity contribution in [1.82, 2.24) is 10.2 Å². The molecule has 0 aromatic rings. The summed E-state index contributed by atoms with van der Waals surface area (Å²) in [7, 11) is 0. The highest BCUT2D eigenvalue weighted by Crippen LogP contribution is 2.30. The van der Waals surface area contributed by atoms with E-state index in [-0.39, 0.29) is 0 Å². The number of hydrogen-bond acceptors (Lipinski definition) is 2. The summed E-state index contributed by atoms with van der Waals surface area (Å²) >= 11 is 0. The van der Waals surface area contributed by atoms with E-state index in [2.05, 4.69) is 30.6 Å². The second kappa shape index (κ2) is 6.01. The highest BCUT2D eigenvalue weighted by molar-refractivity contribution is 5.01. The van der Waals surface area contributed by atoms with Crippen molar-refractivity contribution in [3.05, 3.63) is 12.2 Å². The van der Waals surface area contributed by atoms with Crippen molar-refractivity contribution in [3.8, 4) is 0 Å². The molecule has 2 fully saturated rings. The van der Waals surface area contributed by atoms with Gasteiger partial charge in [0.25, 0.3) is 0 Å². The summed E-state index contributed by atoms with van der Waals surface area (Å²) in [4.78, 5) is 2.69. The van der Waals surface area contributed by atoms with Crippen LogP contribution >= 0.6 is 0 Å². The van der Waals surface area contributed by atoms with E-state index in [0.29, 0.717) is 0 Å². The minimum Gasteiger partial charge on any atom is -0.311 e. The number of rotatable bonds is 6. The molecule has 0 amide bonds. The number of fused-ring (bicyclic) bond motifs is 2. The van der Waals surface area contributed by atoms with Crippen molar-refractivity contribution in [2.75, 3.05) is 13.1 Å². The molecule has 0 radical (unpaired) electrons. The Kier molecular flexibility index (Phi) is 4.63. The Labute approximate surface area is 106 Å². The van der Waals surface area contributed by atoms with Crippen LogP contribution in [0.3, 0.4) is 0 Å². The van der Waals surface area contributed by atoms with E-state index in [1.807, 2.05) is 0 Å². The highest BCUT2D eigenvalue weighted by atomic mass is 15.2. The van der Waals surface area contributed by atoms with Crippen LogP contribution in [0.25, 0.3) is 0 Å². The summed E-state index contributed by atoms with van der Waals surface area (Å²) in [5.74, 6) is 0. The molecule has 0 aromatic carbocycles. The molecule has 2 rings (SSSR count). The molecule has 0 spiro atoms.